The maximum absolute atomic E-state index is 15.4. The molecule has 1 aliphatic rings. The van der Waals surface area contributed by atoms with Gasteiger partial charge in [0.2, 0.25) is 0 Å². The van der Waals surface area contributed by atoms with Crippen molar-refractivity contribution in [3.8, 4) is 28.3 Å². The Morgan fingerprint density at radius 3 is 2.62 bits per heavy atom. The van der Waals surface area contributed by atoms with Crippen LogP contribution >= 0.6 is 0 Å². The van der Waals surface area contributed by atoms with E-state index in [9.17, 15) is 22.0 Å². The van der Waals surface area contributed by atoms with Crippen molar-refractivity contribution in [3.63, 3.8) is 0 Å². The van der Waals surface area contributed by atoms with Gasteiger partial charge >= 0.3 is 6.61 Å². The second-order valence-electron chi connectivity index (χ2n) is 8.35. The predicted molar refractivity (Wildman–Crippen MR) is 136 cm³/mol. The van der Waals surface area contributed by atoms with Crippen LogP contribution in [0.4, 0.5) is 13.2 Å². The van der Waals surface area contributed by atoms with Crippen LogP contribution in [0.1, 0.15) is 6.42 Å². The molecule has 3 aromatic carbocycles. The van der Waals surface area contributed by atoms with Crippen LogP contribution in [-0.4, -0.2) is 39.1 Å². The molecule has 0 unspecified atom stereocenters. The Morgan fingerprint density at radius 1 is 1.08 bits per heavy atom. The van der Waals surface area contributed by atoms with Crippen LogP contribution in [0.15, 0.2) is 80.8 Å². The number of hydrogen-bond donors (Lipinski definition) is 1. The lowest BCUT2D eigenvalue weighted by Crippen LogP contribution is -2.19. The highest BCUT2D eigenvalue weighted by Gasteiger charge is 2.20. The fraction of sp³-hybridized carbons (Fsp3) is 0.154. The molecule has 0 aliphatic carbocycles. The number of amidine groups is 1. The van der Waals surface area contributed by atoms with Gasteiger partial charge in [-0.25, -0.2) is 4.39 Å². The lowest BCUT2D eigenvalue weighted by atomic mass is 10.0. The topological polar surface area (TPSA) is 108 Å². The van der Waals surface area contributed by atoms with Crippen LogP contribution in [-0.2, 0) is 14.9 Å². The van der Waals surface area contributed by atoms with E-state index in [0.717, 1.165) is 6.07 Å². The van der Waals surface area contributed by atoms with Crippen molar-refractivity contribution in [2.24, 2.45) is 4.40 Å². The van der Waals surface area contributed by atoms with Gasteiger partial charge in [0.25, 0.3) is 15.6 Å². The summed E-state index contributed by atoms with van der Waals surface area (Å²) in [5.41, 5.74) is 2.53. The number of methoxy groups -OCH3 is 1. The third-order valence-electron chi connectivity index (χ3n) is 5.90. The molecule has 1 fully saturated rings. The molecule has 0 amide bonds. The fourth-order valence-corrected chi connectivity index (χ4v) is 5.21. The number of sulfonamides is 1. The van der Waals surface area contributed by atoms with Gasteiger partial charge in [-0.2, -0.15) is 17.2 Å². The van der Waals surface area contributed by atoms with Crippen molar-refractivity contribution in [1.82, 2.24) is 10.0 Å². The number of fused-ring (bicyclic) bond motifs is 1. The highest BCUT2D eigenvalue weighted by atomic mass is 32.2. The van der Waals surface area contributed by atoms with E-state index >= 15 is 4.39 Å². The highest BCUT2D eigenvalue weighted by molar-refractivity contribution is 7.90. The Bertz CT molecular complexity index is 1770. The monoisotopic (exact) mass is 559 g/mol. The summed E-state index contributed by atoms with van der Waals surface area (Å²) in [6, 6.07) is 14.7. The molecular formula is C26H20F3N3O6S. The van der Waals surface area contributed by atoms with Gasteiger partial charge in [0, 0.05) is 29.5 Å². The first kappa shape index (κ1) is 26.3. The van der Waals surface area contributed by atoms with Crippen LogP contribution in [0.3, 0.4) is 0 Å². The van der Waals surface area contributed by atoms with Gasteiger partial charge in [-0.3, -0.25) is 19.7 Å². The molecule has 1 saturated heterocycles. The number of hydroxylamine groups is 1. The molecule has 4 aromatic rings. The number of hydrogen-bond acceptors (Lipinski definition) is 6. The van der Waals surface area contributed by atoms with E-state index in [4.69, 9.17) is 9.57 Å². The van der Waals surface area contributed by atoms with Gasteiger partial charge in [-0.15, -0.1) is 4.40 Å². The van der Waals surface area contributed by atoms with Crippen molar-refractivity contribution in [2.75, 3.05) is 13.7 Å². The summed E-state index contributed by atoms with van der Waals surface area (Å²) >= 11 is 0. The molecule has 0 saturated carbocycles. The van der Waals surface area contributed by atoms with Gasteiger partial charge < -0.3 is 9.47 Å². The molecule has 0 radical (unpaired) electrons. The SMILES string of the molecule is COc1cc(-c2cccc(OC(F)F)c2)c(F)cc1-n1c(=O)ccc2cc(S(=O)(=O)/N=C3\CCON3)ccc21. The first-order valence-corrected chi connectivity index (χ1v) is 12.9. The molecule has 0 spiro atoms. The number of nitrogens with one attached hydrogen (secondary N) is 1. The summed E-state index contributed by atoms with van der Waals surface area (Å²) in [6.45, 7) is -2.75. The van der Waals surface area contributed by atoms with Crippen molar-refractivity contribution in [1.29, 1.82) is 0 Å². The minimum Gasteiger partial charge on any atom is -0.495 e. The molecule has 2 heterocycles. The lowest BCUT2D eigenvalue weighted by Gasteiger charge is -2.16. The summed E-state index contributed by atoms with van der Waals surface area (Å²) in [4.78, 5) is 17.8. The standard InChI is InChI=1S/C26H20F3N3O6S/c1-36-23-13-19(15-3-2-4-17(11-15)38-26(28)29)20(27)14-22(23)32-21-7-6-18(12-16(21)5-8-25(32)33)39(34,35)31-24-9-10-37-30-24/h2-8,11-14,26H,9-10H2,1H3,(H,30,31). The first-order valence-electron chi connectivity index (χ1n) is 11.5. The second-order valence-corrected chi connectivity index (χ2v) is 9.96. The molecule has 13 heteroatoms. The average Bonchev–Trinajstić information content (AvgIpc) is 3.40. The molecule has 9 nitrogen and oxygen atoms in total. The summed E-state index contributed by atoms with van der Waals surface area (Å²) < 4.78 is 81.1. The zero-order chi connectivity index (χ0) is 27.7. The largest absolute Gasteiger partial charge is 0.495 e. The van der Waals surface area contributed by atoms with E-state index in [-0.39, 0.29) is 44.6 Å². The molecule has 5 rings (SSSR count). The van der Waals surface area contributed by atoms with Gasteiger partial charge in [0.15, 0.2) is 0 Å². The normalized spacial score (nSPS) is 14.6. The zero-order valence-corrected chi connectivity index (χ0v) is 21.0. The minimum atomic E-state index is -4.07. The number of nitrogens with zero attached hydrogens (tertiary/aromatic N) is 2. The molecule has 202 valence electrons. The van der Waals surface area contributed by atoms with E-state index in [0.29, 0.717) is 18.4 Å². The maximum atomic E-state index is 15.4. The summed E-state index contributed by atoms with van der Waals surface area (Å²) in [6.07, 6.45) is 0.317. The molecule has 1 N–H and O–H groups in total. The summed E-state index contributed by atoms with van der Waals surface area (Å²) in [7, 11) is -2.74. The Hall–Kier alpha value is -4.36. The number of benzene rings is 3. The molecular weight excluding hydrogens is 539 g/mol. The third kappa shape index (κ3) is 5.31. The van der Waals surface area contributed by atoms with Crippen molar-refractivity contribution < 1.29 is 35.9 Å². The number of halogens is 3. The molecule has 0 bridgehead atoms. The molecule has 1 aliphatic heterocycles. The Kier molecular flexibility index (Phi) is 7.02. The van der Waals surface area contributed by atoms with Crippen molar-refractivity contribution >= 4 is 26.8 Å². The Labute approximate surface area is 220 Å². The van der Waals surface area contributed by atoms with Gasteiger partial charge in [0.1, 0.15) is 23.2 Å². The van der Waals surface area contributed by atoms with E-state index in [1.165, 1.54) is 72.3 Å². The number of pyridine rings is 1. The Balaban J connectivity index is 1.61. The summed E-state index contributed by atoms with van der Waals surface area (Å²) in [5.74, 6) is -0.629. The van der Waals surface area contributed by atoms with E-state index in [1.54, 1.807) is 0 Å². The molecule has 0 atom stereocenters. The average molecular weight is 560 g/mol. The molecule has 39 heavy (non-hydrogen) atoms. The maximum Gasteiger partial charge on any atom is 0.387 e. The zero-order valence-electron chi connectivity index (χ0n) is 20.2. The summed E-state index contributed by atoms with van der Waals surface area (Å²) in [5, 5.41) is 0.370. The smallest absolute Gasteiger partial charge is 0.387 e. The van der Waals surface area contributed by atoms with Crippen molar-refractivity contribution in [2.45, 2.75) is 17.9 Å². The van der Waals surface area contributed by atoms with Crippen LogP contribution < -0.4 is 20.5 Å². The van der Waals surface area contributed by atoms with E-state index in [2.05, 4.69) is 14.6 Å². The predicted octanol–water partition coefficient (Wildman–Crippen LogP) is 4.42. The van der Waals surface area contributed by atoms with Crippen LogP contribution in [0, 0.1) is 5.82 Å². The number of aromatic nitrogens is 1. The van der Waals surface area contributed by atoms with Gasteiger partial charge in [0.05, 0.1) is 29.8 Å². The van der Waals surface area contributed by atoms with Crippen molar-refractivity contribution in [3.05, 3.63) is 82.9 Å². The second kappa shape index (κ2) is 10.4. The van der Waals surface area contributed by atoms with Crippen LogP contribution in [0.5, 0.6) is 11.5 Å². The number of ether oxygens (including phenoxy) is 2. The lowest BCUT2D eigenvalue weighted by molar-refractivity contribution is -0.0498. The molecule has 1 aromatic heterocycles. The van der Waals surface area contributed by atoms with Gasteiger partial charge in [-0.05, 0) is 48.0 Å². The van der Waals surface area contributed by atoms with Crippen LogP contribution in [0.2, 0.25) is 0 Å². The number of alkyl halides is 2. The quantitative estimate of drug-likeness (QED) is 0.357. The number of rotatable bonds is 7. The van der Waals surface area contributed by atoms with E-state index in [1.807, 2.05) is 0 Å². The van der Waals surface area contributed by atoms with Crippen LogP contribution in [0.25, 0.3) is 27.7 Å². The Morgan fingerprint density at radius 2 is 1.90 bits per heavy atom. The first-order chi connectivity index (χ1) is 18.7. The minimum absolute atomic E-state index is 0.0283. The van der Waals surface area contributed by atoms with Gasteiger partial charge in [-0.1, -0.05) is 12.1 Å². The highest BCUT2D eigenvalue weighted by Crippen LogP contribution is 2.35. The van der Waals surface area contributed by atoms with E-state index < -0.39 is 28.0 Å². The third-order valence-corrected chi connectivity index (χ3v) is 7.21. The fourth-order valence-electron chi connectivity index (χ4n) is 4.17.